The number of carbonyl (C=O) groups excluding carboxylic acids is 3. The van der Waals surface area contributed by atoms with Crippen molar-refractivity contribution in [2.75, 3.05) is 0 Å². The predicted octanol–water partition coefficient (Wildman–Crippen LogP) is 3.97. The highest BCUT2D eigenvalue weighted by atomic mass is 16.2. The number of carbonyl (C=O) groups is 3. The van der Waals surface area contributed by atoms with E-state index in [2.05, 4.69) is 5.32 Å². The lowest BCUT2D eigenvalue weighted by Gasteiger charge is -2.27. The maximum atomic E-state index is 13.3. The molecule has 5 nitrogen and oxygen atoms in total. The van der Waals surface area contributed by atoms with Crippen molar-refractivity contribution >= 4 is 17.7 Å². The minimum atomic E-state index is -0.882. The molecule has 0 saturated carbocycles. The highest BCUT2D eigenvalue weighted by Crippen LogP contribution is 2.27. The maximum Gasteiger partial charge on any atom is 0.262 e. The van der Waals surface area contributed by atoms with Crippen LogP contribution in [0.15, 0.2) is 84.9 Å². The molecule has 1 aliphatic heterocycles. The Morgan fingerprint density at radius 1 is 0.767 bits per heavy atom. The third-order valence-corrected chi connectivity index (χ3v) is 5.38. The number of fused-ring (bicyclic) bond motifs is 1. The van der Waals surface area contributed by atoms with Crippen LogP contribution in [0.3, 0.4) is 0 Å². The molecular formula is C25H22N2O3. The topological polar surface area (TPSA) is 66.5 Å². The highest BCUT2D eigenvalue weighted by Gasteiger charge is 2.42. The van der Waals surface area contributed by atoms with Crippen molar-refractivity contribution in [2.24, 2.45) is 0 Å². The molecule has 1 atom stereocenters. The van der Waals surface area contributed by atoms with Gasteiger partial charge in [-0.2, -0.15) is 0 Å². The first-order valence-corrected chi connectivity index (χ1v) is 9.99. The fourth-order valence-corrected chi connectivity index (χ4v) is 3.86. The quantitative estimate of drug-likeness (QED) is 0.639. The Balaban J connectivity index is 1.64. The van der Waals surface area contributed by atoms with Gasteiger partial charge in [0.25, 0.3) is 11.8 Å². The lowest BCUT2D eigenvalue weighted by Crippen LogP contribution is -2.50. The van der Waals surface area contributed by atoms with E-state index in [0.29, 0.717) is 17.5 Å². The van der Waals surface area contributed by atoms with E-state index in [-0.39, 0.29) is 11.9 Å². The summed E-state index contributed by atoms with van der Waals surface area (Å²) in [6.45, 7) is 1.80. The number of nitrogens with one attached hydrogen (secondary N) is 1. The summed E-state index contributed by atoms with van der Waals surface area (Å²) >= 11 is 0. The van der Waals surface area contributed by atoms with Crippen LogP contribution in [0.2, 0.25) is 0 Å². The van der Waals surface area contributed by atoms with E-state index in [0.717, 1.165) is 16.0 Å². The Morgan fingerprint density at radius 2 is 1.20 bits per heavy atom. The van der Waals surface area contributed by atoms with Crippen LogP contribution in [0.25, 0.3) is 0 Å². The van der Waals surface area contributed by atoms with Gasteiger partial charge in [0.2, 0.25) is 5.91 Å². The number of amides is 3. The average Bonchev–Trinajstić information content (AvgIpc) is 3.05. The van der Waals surface area contributed by atoms with Gasteiger partial charge >= 0.3 is 0 Å². The van der Waals surface area contributed by atoms with Crippen molar-refractivity contribution in [3.05, 3.63) is 107 Å². The van der Waals surface area contributed by atoms with E-state index < -0.39 is 17.9 Å². The molecular weight excluding hydrogens is 376 g/mol. The first kappa shape index (κ1) is 19.6. The van der Waals surface area contributed by atoms with Crippen LogP contribution >= 0.6 is 0 Å². The Bertz CT molecular complexity index is 1010. The predicted molar refractivity (Wildman–Crippen MR) is 114 cm³/mol. The van der Waals surface area contributed by atoms with Gasteiger partial charge in [-0.05, 0) is 29.7 Å². The Morgan fingerprint density at radius 3 is 1.63 bits per heavy atom. The monoisotopic (exact) mass is 398 g/mol. The molecule has 30 heavy (non-hydrogen) atoms. The average molecular weight is 398 g/mol. The molecule has 0 fully saturated rings. The molecule has 1 N–H and O–H groups in total. The van der Waals surface area contributed by atoms with Crippen LogP contribution in [-0.4, -0.2) is 28.7 Å². The van der Waals surface area contributed by atoms with Gasteiger partial charge in [0, 0.05) is 0 Å². The van der Waals surface area contributed by atoms with Gasteiger partial charge in [-0.3, -0.25) is 19.3 Å². The van der Waals surface area contributed by atoms with Crippen LogP contribution in [0.1, 0.15) is 51.2 Å². The minimum Gasteiger partial charge on any atom is -0.343 e. The summed E-state index contributed by atoms with van der Waals surface area (Å²) in [4.78, 5) is 40.1. The second-order valence-electron chi connectivity index (χ2n) is 7.21. The van der Waals surface area contributed by atoms with E-state index in [9.17, 15) is 14.4 Å². The molecule has 0 unspecified atom stereocenters. The van der Waals surface area contributed by atoms with E-state index in [1.54, 1.807) is 31.2 Å². The second-order valence-corrected chi connectivity index (χ2v) is 7.21. The highest BCUT2D eigenvalue weighted by molar-refractivity contribution is 6.22. The van der Waals surface area contributed by atoms with Crippen LogP contribution < -0.4 is 5.32 Å². The molecule has 1 aliphatic rings. The zero-order chi connectivity index (χ0) is 21.1. The van der Waals surface area contributed by atoms with Crippen LogP contribution in [0.4, 0.5) is 0 Å². The smallest absolute Gasteiger partial charge is 0.262 e. The summed E-state index contributed by atoms with van der Waals surface area (Å²) in [7, 11) is 0. The van der Waals surface area contributed by atoms with Gasteiger partial charge in [0.1, 0.15) is 6.04 Å². The van der Waals surface area contributed by atoms with Gasteiger partial charge in [-0.25, -0.2) is 0 Å². The minimum absolute atomic E-state index is 0.327. The number of nitrogens with zero attached hydrogens (tertiary/aromatic N) is 1. The lowest BCUT2D eigenvalue weighted by atomic mass is 9.98. The zero-order valence-electron chi connectivity index (χ0n) is 16.6. The Kier molecular flexibility index (Phi) is 5.44. The SMILES string of the molecule is CC[C@@H](C(=O)NC(c1ccccc1)c1ccccc1)N1C(=O)c2ccccc2C1=O. The summed E-state index contributed by atoms with van der Waals surface area (Å²) in [5, 5.41) is 3.06. The zero-order valence-corrected chi connectivity index (χ0v) is 16.6. The van der Waals surface area contributed by atoms with Gasteiger partial charge in [0.05, 0.1) is 17.2 Å². The number of rotatable bonds is 6. The van der Waals surface area contributed by atoms with E-state index in [1.807, 2.05) is 60.7 Å². The third-order valence-electron chi connectivity index (χ3n) is 5.38. The van der Waals surface area contributed by atoms with E-state index in [4.69, 9.17) is 0 Å². The normalized spacial score (nSPS) is 14.0. The van der Waals surface area contributed by atoms with Crippen LogP contribution in [-0.2, 0) is 4.79 Å². The Labute approximate surface area is 175 Å². The molecule has 4 rings (SSSR count). The van der Waals surface area contributed by atoms with Gasteiger partial charge in [0.15, 0.2) is 0 Å². The fourth-order valence-electron chi connectivity index (χ4n) is 3.86. The summed E-state index contributed by atoms with van der Waals surface area (Å²) in [6.07, 6.45) is 0.327. The molecule has 3 amide bonds. The Hall–Kier alpha value is -3.73. The molecule has 1 heterocycles. The van der Waals surface area contributed by atoms with Crippen molar-refractivity contribution in [3.8, 4) is 0 Å². The summed E-state index contributed by atoms with van der Waals surface area (Å²) in [5.41, 5.74) is 2.54. The number of hydrogen-bond donors (Lipinski definition) is 1. The molecule has 0 bridgehead atoms. The standard InChI is InChI=1S/C25H22N2O3/c1-2-21(27-24(29)19-15-9-10-16-20(19)25(27)30)23(28)26-22(17-11-5-3-6-12-17)18-13-7-4-8-14-18/h3-16,21-22H,2H2,1H3,(H,26,28)/t21-/m0/s1. The van der Waals surface area contributed by atoms with Crippen molar-refractivity contribution in [1.29, 1.82) is 0 Å². The fraction of sp³-hybridized carbons (Fsp3) is 0.160. The molecule has 0 saturated heterocycles. The van der Waals surface area contributed by atoms with E-state index in [1.165, 1.54) is 0 Å². The molecule has 3 aromatic rings. The van der Waals surface area contributed by atoms with E-state index >= 15 is 0 Å². The van der Waals surface area contributed by atoms with Gasteiger partial charge < -0.3 is 5.32 Å². The number of hydrogen-bond acceptors (Lipinski definition) is 3. The summed E-state index contributed by atoms with van der Waals surface area (Å²) < 4.78 is 0. The third kappa shape index (κ3) is 3.50. The second kappa shape index (κ2) is 8.33. The molecule has 0 aromatic heterocycles. The molecule has 0 radical (unpaired) electrons. The van der Waals surface area contributed by atoms with Crippen molar-refractivity contribution in [1.82, 2.24) is 10.2 Å². The maximum absolute atomic E-state index is 13.3. The lowest BCUT2D eigenvalue weighted by molar-refractivity contribution is -0.125. The summed E-state index contributed by atoms with van der Waals surface area (Å²) in [5.74, 6) is -1.20. The first-order chi connectivity index (χ1) is 14.6. The van der Waals surface area contributed by atoms with Gasteiger partial charge in [-0.1, -0.05) is 79.7 Å². The summed E-state index contributed by atoms with van der Waals surface area (Å²) in [6, 6.07) is 24.7. The van der Waals surface area contributed by atoms with Crippen molar-refractivity contribution in [3.63, 3.8) is 0 Å². The van der Waals surface area contributed by atoms with Crippen LogP contribution in [0, 0.1) is 0 Å². The van der Waals surface area contributed by atoms with Gasteiger partial charge in [-0.15, -0.1) is 0 Å². The molecule has 0 spiro atoms. The molecule has 150 valence electrons. The molecule has 5 heteroatoms. The van der Waals surface area contributed by atoms with Crippen molar-refractivity contribution < 1.29 is 14.4 Å². The molecule has 3 aromatic carbocycles. The first-order valence-electron chi connectivity index (χ1n) is 9.99. The number of imide groups is 1. The number of benzene rings is 3. The van der Waals surface area contributed by atoms with Crippen molar-refractivity contribution in [2.45, 2.75) is 25.4 Å². The largest absolute Gasteiger partial charge is 0.343 e. The van der Waals surface area contributed by atoms with Crippen LogP contribution in [0.5, 0.6) is 0 Å². The molecule has 0 aliphatic carbocycles.